The molecule has 0 radical (unpaired) electrons. The minimum Gasteiger partial charge on any atom is -0.462 e. The van der Waals surface area contributed by atoms with Crippen molar-refractivity contribution in [3.63, 3.8) is 0 Å². The fourth-order valence-electron chi connectivity index (χ4n) is 7.83. The summed E-state index contributed by atoms with van der Waals surface area (Å²) in [6.07, 6.45) is 13.3. The zero-order valence-electron chi connectivity index (χ0n) is 35.4. The van der Waals surface area contributed by atoms with Gasteiger partial charge in [-0.1, -0.05) is 168 Å². The van der Waals surface area contributed by atoms with Crippen molar-refractivity contribution in [1.82, 2.24) is 0 Å². The summed E-state index contributed by atoms with van der Waals surface area (Å²) in [6, 6.07) is 0. The highest BCUT2D eigenvalue weighted by Gasteiger charge is 2.50. The van der Waals surface area contributed by atoms with E-state index < -0.39 is 86.5 Å². The highest BCUT2D eigenvalue weighted by molar-refractivity contribution is 5.98. The molecule has 13 nitrogen and oxygen atoms in total. The third-order valence-corrected chi connectivity index (χ3v) is 11.7. The molecule has 0 aromatic rings. The van der Waals surface area contributed by atoms with E-state index >= 15 is 0 Å². The molecule has 0 saturated carbocycles. The Hall–Kier alpha value is -1.26. The summed E-state index contributed by atoms with van der Waals surface area (Å²) in [7, 11) is 0. The van der Waals surface area contributed by atoms with E-state index in [-0.39, 0.29) is 12.2 Å². The van der Waals surface area contributed by atoms with Crippen molar-refractivity contribution < 1.29 is 64.3 Å². The quantitative estimate of drug-likeness (QED) is 0.0229. The van der Waals surface area contributed by atoms with E-state index in [2.05, 4.69) is 13.8 Å². The molecule has 57 heavy (non-hydrogen) atoms. The van der Waals surface area contributed by atoms with Crippen molar-refractivity contribution in [2.45, 2.75) is 249 Å². The number of unbranched alkanes of at least 4 members (excludes halogenated alkanes) is 23. The SMILES string of the molecule is CCCCCCCCCCCCCCCC(=O)[C@@H](CCCCCCCCCCCCCC)C(=O)OC[C@H]1O[C@H](O[C@H]2O[C@H](CO)[C@@H](O)[C@H](O)[C@H]2O)[C@H](O)[C@@H](O)[C@@H]1O. The molecule has 7 N–H and O–H groups in total. The number of hydrogen-bond donors (Lipinski definition) is 7. The minimum atomic E-state index is -1.83. The first-order chi connectivity index (χ1) is 27.6. The first-order valence-corrected chi connectivity index (χ1v) is 22.9. The Morgan fingerprint density at radius 3 is 1.28 bits per heavy atom. The van der Waals surface area contributed by atoms with Gasteiger partial charge in [-0.3, -0.25) is 9.59 Å². The molecule has 2 heterocycles. The van der Waals surface area contributed by atoms with Gasteiger partial charge in [-0.05, 0) is 12.8 Å². The molecule has 0 bridgehead atoms. The lowest BCUT2D eigenvalue weighted by Crippen LogP contribution is -2.63. The van der Waals surface area contributed by atoms with Crippen LogP contribution in [0.4, 0.5) is 0 Å². The second kappa shape index (κ2) is 31.6. The molecule has 2 aliphatic heterocycles. The zero-order chi connectivity index (χ0) is 41.8. The number of esters is 1. The molecule has 2 rings (SSSR count). The Morgan fingerprint density at radius 2 is 0.860 bits per heavy atom. The van der Waals surface area contributed by atoms with Crippen molar-refractivity contribution in [3.8, 4) is 0 Å². The summed E-state index contributed by atoms with van der Waals surface area (Å²) in [5.74, 6) is -1.88. The van der Waals surface area contributed by atoms with E-state index in [1.165, 1.54) is 109 Å². The van der Waals surface area contributed by atoms with Gasteiger partial charge in [-0.2, -0.15) is 0 Å². The Morgan fingerprint density at radius 1 is 0.491 bits per heavy atom. The van der Waals surface area contributed by atoms with E-state index in [1.54, 1.807) is 0 Å². The first kappa shape index (κ1) is 51.9. The Bertz CT molecular complexity index is 1010. The van der Waals surface area contributed by atoms with Crippen LogP contribution in [0.2, 0.25) is 0 Å². The van der Waals surface area contributed by atoms with Crippen molar-refractivity contribution in [3.05, 3.63) is 0 Å². The highest BCUT2D eigenvalue weighted by Crippen LogP contribution is 2.29. The summed E-state index contributed by atoms with van der Waals surface area (Å²) < 4.78 is 22.0. The molecule has 2 aliphatic rings. The van der Waals surface area contributed by atoms with Gasteiger partial charge in [0.1, 0.15) is 67.1 Å². The third kappa shape index (κ3) is 20.2. The Balaban J connectivity index is 1.87. The van der Waals surface area contributed by atoms with Gasteiger partial charge in [0.05, 0.1) is 6.61 Å². The van der Waals surface area contributed by atoms with Gasteiger partial charge in [0.2, 0.25) is 0 Å². The van der Waals surface area contributed by atoms with Crippen molar-refractivity contribution in [1.29, 1.82) is 0 Å². The fourth-order valence-corrected chi connectivity index (χ4v) is 7.83. The summed E-state index contributed by atoms with van der Waals surface area (Å²) >= 11 is 0. The largest absolute Gasteiger partial charge is 0.462 e. The van der Waals surface area contributed by atoms with Crippen LogP contribution in [-0.2, 0) is 28.5 Å². The fraction of sp³-hybridized carbons (Fsp3) is 0.955. The normalized spacial score (nSPS) is 28.4. The monoisotopic (exact) mass is 819 g/mol. The van der Waals surface area contributed by atoms with Crippen molar-refractivity contribution in [2.24, 2.45) is 5.92 Å². The molecule has 0 amide bonds. The topological polar surface area (TPSA) is 213 Å². The molecule has 0 aromatic carbocycles. The molecule has 13 heteroatoms. The summed E-state index contributed by atoms with van der Waals surface area (Å²) in [4.78, 5) is 26.9. The second-order valence-corrected chi connectivity index (χ2v) is 16.7. The van der Waals surface area contributed by atoms with E-state index in [0.29, 0.717) is 19.3 Å². The summed E-state index contributed by atoms with van der Waals surface area (Å²) in [5.41, 5.74) is 0. The Labute approximate surface area is 343 Å². The lowest BCUT2D eigenvalue weighted by molar-refractivity contribution is -0.376. The van der Waals surface area contributed by atoms with Gasteiger partial charge in [-0.15, -0.1) is 0 Å². The predicted molar refractivity (Wildman–Crippen MR) is 217 cm³/mol. The van der Waals surface area contributed by atoms with Crippen LogP contribution in [0.25, 0.3) is 0 Å². The number of aliphatic hydroxyl groups excluding tert-OH is 7. The molecule has 2 fully saturated rings. The lowest BCUT2D eigenvalue weighted by Gasteiger charge is -2.44. The number of ether oxygens (including phenoxy) is 4. The summed E-state index contributed by atoms with van der Waals surface area (Å²) in [6.45, 7) is 3.19. The van der Waals surface area contributed by atoms with Crippen LogP contribution in [0.3, 0.4) is 0 Å². The number of ketones is 1. The number of rotatable bonds is 34. The molecule has 2 saturated heterocycles. The van der Waals surface area contributed by atoms with Crippen LogP contribution < -0.4 is 0 Å². The van der Waals surface area contributed by atoms with Crippen LogP contribution in [0, 0.1) is 5.92 Å². The highest BCUT2D eigenvalue weighted by atomic mass is 16.8. The number of Topliss-reactive ketones (excluding diaryl/α,β-unsaturated/α-hetero) is 1. The standard InChI is InChI=1S/C44H82O13/c1-3-5-7-9-11-13-15-17-19-21-23-25-27-29-33(46)32(28-26-24-22-20-18-16-14-12-10-8-6-4-2)42(53)54-31-35-37(48)39(50)41(52)44(56-35)57-43-40(51)38(49)36(47)34(30-45)55-43/h32,34-41,43-45,47-52H,3-31H2,1-2H3/t32-,34-,35-,36-,37-,38+,39+,40-,41-,43-,44-/m1/s1. The number of carbonyl (C=O) groups excluding carboxylic acids is 2. The average molecular weight is 819 g/mol. The van der Waals surface area contributed by atoms with E-state index in [1.807, 2.05) is 0 Å². The second-order valence-electron chi connectivity index (χ2n) is 16.7. The van der Waals surface area contributed by atoms with Crippen LogP contribution in [0.1, 0.15) is 187 Å². The van der Waals surface area contributed by atoms with Gasteiger partial charge < -0.3 is 54.7 Å². The van der Waals surface area contributed by atoms with E-state index in [4.69, 9.17) is 18.9 Å². The smallest absolute Gasteiger partial charge is 0.316 e. The van der Waals surface area contributed by atoms with Crippen LogP contribution in [-0.4, -0.2) is 122 Å². The van der Waals surface area contributed by atoms with Gasteiger partial charge in [0, 0.05) is 6.42 Å². The first-order valence-electron chi connectivity index (χ1n) is 22.9. The molecule has 11 atom stereocenters. The molecule has 0 spiro atoms. The van der Waals surface area contributed by atoms with Gasteiger partial charge >= 0.3 is 5.97 Å². The number of carbonyl (C=O) groups is 2. The predicted octanol–water partition coefficient (Wildman–Crippen LogP) is 5.91. The molecular weight excluding hydrogens is 736 g/mol. The van der Waals surface area contributed by atoms with Gasteiger partial charge in [0.25, 0.3) is 0 Å². The van der Waals surface area contributed by atoms with Crippen LogP contribution in [0.5, 0.6) is 0 Å². The summed E-state index contributed by atoms with van der Waals surface area (Å²) in [5, 5.41) is 71.9. The number of aliphatic hydroxyl groups is 7. The van der Waals surface area contributed by atoms with E-state index in [9.17, 15) is 45.3 Å². The molecule has 0 aliphatic carbocycles. The van der Waals surface area contributed by atoms with Gasteiger partial charge in [0.15, 0.2) is 12.6 Å². The third-order valence-electron chi connectivity index (χ3n) is 11.7. The van der Waals surface area contributed by atoms with Crippen molar-refractivity contribution >= 4 is 11.8 Å². The molecular formula is C44H82O13. The van der Waals surface area contributed by atoms with E-state index in [0.717, 1.165) is 38.5 Å². The van der Waals surface area contributed by atoms with Gasteiger partial charge in [-0.25, -0.2) is 0 Å². The molecule has 336 valence electrons. The minimum absolute atomic E-state index is 0.171. The average Bonchev–Trinajstić information content (AvgIpc) is 3.20. The Kier molecular flexibility index (Phi) is 28.8. The van der Waals surface area contributed by atoms with Crippen LogP contribution >= 0.6 is 0 Å². The zero-order valence-corrected chi connectivity index (χ0v) is 35.4. The maximum atomic E-state index is 13.5. The molecule has 0 unspecified atom stereocenters. The van der Waals surface area contributed by atoms with Crippen molar-refractivity contribution in [2.75, 3.05) is 13.2 Å². The maximum Gasteiger partial charge on any atom is 0.316 e. The lowest BCUT2D eigenvalue weighted by atomic mass is 9.92. The maximum absolute atomic E-state index is 13.5. The number of hydrogen-bond acceptors (Lipinski definition) is 13. The molecule has 0 aromatic heterocycles. The van der Waals surface area contributed by atoms with Crippen LogP contribution in [0.15, 0.2) is 0 Å².